The molecule has 0 radical (unpaired) electrons. The van der Waals surface area contributed by atoms with Gasteiger partial charge < -0.3 is 10.1 Å². The van der Waals surface area contributed by atoms with Crippen molar-refractivity contribution >= 4 is 34.1 Å². The monoisotopic (exact) mass is 397 g/mol. The van der Waals surface area contributed by atoms with Crippen molar-refractivity contribution in [2.24, 2.45) is 0 Å². The van der Waals surface area contributed by atoms with Gasteiger partial charge in [-0.2, -0.15) is 5.10 Å². The van der Waals surface area contributed by atoms with E-state index in [1.807, 2.05) is 24.3 Å². The Bertz CT molecular complexity index is 1050. The van der Waals surface area contributed by atoms with Crippen LogP contribution in [-0.4, -0.2) is 27.9 Å². The highest BCUT2D eigenvalue weighted by Gasteiger charge is 2.08. The molecule has 0 atom stereocenters. The number of benzene rings is 2. The fourth-order valence-corrected chi connectivity index (χ4v) is 2.68. The van der Waals surface area contributed by atoms with Gasteiger partial charge in [0.15, 0.2) is 5.11 Å². The number of fused-ring (bicyclic) bond motifs is 1. The molecular formula is C19H19N5O3S. The Morgan fingerprint density at radius 1 is 1.14 bits per heavy atom. The molecule has 0 saturated carbocycles. The highest BCUT2D eigenvalue weighted by atomic mass is 32.1. The lowest BCUT2D eigenvalue weighted by Gasteiger charge is -2.13. The molecule has 1 heterocycles. The Morgan fingerprint density at radius 3 is 2.64 bits per heavy atom. The predicted molar refractivity (Wildman–Crippen MR) is 110 cm³/mol. The third-order valence-corrected chi connectivity index (χ3v) is 4.23. The van der Waals surface area contributed by atoms with E-state index in [9.17, 15) is 9.59 Å². The Balaban J connectivity index is 1.51. The summed E-state index contributed by atoms with van der Waals surface area (Å²) in [6.45, 7) is 0.437. The van der Waals surface area contributed by atoms with Gasteiger partial charge in [0.2, 0.25) is 5.43 Å². The number of hydrazine groups is 1. The van der Waals surface area contributed by atoms with Crippen molar-refractivity contribution in [1.29, 1.82) is 0 Å². The van der Waals surface area contributed by atoms with Gasteiger partial charge in [0, 0.05) is 11.9 Å². The second kappa shape index (κ2) is 8.96. The lowest BCUT2D eigenvalue weighted by molar-refractivity contribution is -0.122. The van der Waals surface area contributed by atoms with E-state index in [0.717, 1.165) is 11.3 Å². The number of thiocarbonyl (C=S) groups is 1. The Labute approximate surface area is 166 Å². The van der Waals surface area contributed by atoms with Crippen LogP contribution in [0.1, 0.15) is 5.56 Å². The van der Waals surface area contributed by atoms with Gasteiger partial charge in [-0.3, -0.25) is 25.1 Å². The predicted octanol–water partition coefficient (Wildman–Crippen LogP) is 1.10. The van der Waals surface area contributed by atoms with Crippen molar-refractivity contribution in [2.75, 3.05) is 7.11 Å². The number of para-hydroxylation sites is 1. The van der Waals surface area contributed by atoms with Crippen LogP contribution in [0.4, 0.5) is 0 Å². The van der Waals surface area contributed by atoms with Crippen molar-refractivity contribution < 1.29 is 9.53 Å². The topological polar surface area (TPSA) is 97.3 Å². The third kappa shape index (κ3) is 4.83. The van der Waals surface area contributed by atoms with Crippen LogP contribution in [0.2, 0.25) is 0 Å². The number of aromatic nitrogens is 2. The summed E-state index contributed by atoms with van der Waals surface area (Å²) < 4.78 is 6.57. The summed E-state index contributed by atoms with van der Waals surface area (Å²) in [4.78, 5) is 24.0. The summed E-state index contributed by atoms with van der Waals surface area (Å²) >= 11 is 5.15. The quantitative estimate of drug-likeness (QED) is 0.438. The summed E-state index contributed by atoms with van der Waals surface area (Å²) in [5.74, 6) is 0.426. The Hall–Kier alpha value is -3.46. The number of amides is 1. The summed E-state index contributed by atoms with van der Waals surface area (Å²) in [7, 11) is 1.61. The highest BCUT2D eigenvalue weighted by molar-refractivity contribution is 7.80. The van der Waals surface area contributed by atoms with Crippen LogP contribution in [0.5, 0.6) is 5.75 Å². The lowest BCUT2D eigenvalue weighted by atomic mass is 10.2. The van der Waals surface area contributed by atoms with Crippen LogP contribution in [0.15, 0.2) is 59.5 Å². The largest absolute Gasteiger partial charge is 0.497 e. The molecule has 1 aromatic heterocycles. The molecule has 0 aliphatic heterocycles. The van der Waals surface area contributed by atoms with E-state index in [4.69, 9.17) is 17.0 Å². The SMILES string of the molecule is COc1ccc(CNC(=S)NNC(=O)Cn2ncc(=O)c3ccccc32)cc1. The summed E-state index contributed by atoms with van der Waals surface area (Å²) in [6, 6.07) is 14.5. The van der Waals surface area contributed by atoms with Crippen LogP contribution in [-0.2, 0) is 17.9 Å². The zero-order valence-electron chi connectivity index (χ0n) is 15.1. The van der Waals surface area contributed by atoms with Crippen LogP contribution >= 0.6 is 12.2 Å². The van der Waals surface area contributed by atoms with E-state index in [1.165, 1.54) is 10.9 Å². The first-order chi connectivity index (χ1) is 13.6. The molecule has 1 amide bonds. The summed E-state index contributed by atoms with van der Waals surface area (Å²) in [5, 5.41) is 7.80. The highest BCUT2D eigenvalue weighted by Crippen LogP contribution is 2.11. The maximum atomic E-state index is 12.2. The molecule has 0 unspecified atom stereocenters. The normalized spacial score (nSPS) is 10.3. The number of ether oxygens (including phenoxy) is 1. The van der Waals surface area contributed by atoms with Gasteiger partial charge in [-0.05, 0) is 42.0 Å². The van der Waals surface area contributed by atoms with Gasteiger partial charge in [0.1, 0.15) is 12.3 Å². The van der Waals surface area contributed by atoms with E-state index in [1.54, 1.807) is 31.4 Å². The fraction of sp³-hybridized carbons (Fsp3) is 0.158. The van der Waals surface area contributed by atoms with Gasteiger partial charge in [0.25, 0.3) is 5.91 Å². The number of hydrogen-bond donors (Lipinski definition) is 3. The van der Waals surface area contributed by atoms with E-state index in [-0.39, 0.29) is 23.0 Å². The minimum atomic E-state index is -0.352. The second-order valence-corrected chi connectivity index (χ2v) is 6.30. The average Bonchev–Trinajstić information content (AvgIpc) is 2.73. The van der Waals surface area contributed by atoms with E-state index >= 15 is 0 Å². The van der Waals surface area contributed by atoms with E-state index in [2.05, 4.69) is 21.3 Å². The first-order valence-electron chi connectivity index (χ1n) is 8.47. The zero-order valence-corrected chi connectivity index (χ0v) is 16.0. The Morgan fingerprint density at radius 2 is 1.89 bits per heavy atom. The van der Waals surface area contributed by atoms with Crippen molar-refractivity contribution in [3.8, 4) is 5.75 Å². The van der Waals surface area contributed by atoms with E-state index < -0.39 is 0 Å². The maximum absolute atomic E-state index is 12.2. The zero-order chi connectivity index (χ0) is 19.9. The standard InChI is InChI=1S/C19H19N5O3S/c1-27-14-8-6-13(7-9-14)10-20-19(28)23-22-18(26)12-24-16-5-3-2-4-15(16)17(25)11-21-24/h2-9,11H,10,12H2,1H3,(H,22,26)(H2,20,23,28). The average molecular weight is 397 g/mol. The molecular weight excluding hydrogens is 378 g/mol. The fourth-order valence-electron chi connectivity index (χ4n) is 2.56. The van der Waals surface area contributed by atoms with Crippen LogP contribution < -0.4 is 26.3 Å². The minimum absolute atomic E-state index is 0.0606. The molecule has 0 bridgehead atoms. The van der Waals surface area contributed by atoms with Crippen LogP contribution in [0.25, 0.3) is 10.9 Å². The van der Waals surface area contributed by atoms with Crippen LogP contribution in [0.3, 0.4) is 0 Å². The molecule has 8 nitrogen and oxygen atoms in total. The summed E-state index contributed by atoms with van der Waals surface area (Å²) in [6.07, 6.45) is 1.20. The van der Waals surface area contributed by atoms with Crippen molar-refractivity contribution in [3.63, 3.8) is 0 Å². The van der Waals surface area contributed by atoms with Gasteiger partial charge in [-0.1, -0.05) is 24.3 Å². The second-order valence-electron chi connectivity index (χ2n) is 5.89. The number of rotatable bonds is 5. The smallest absolute Gasteiger partial charge is 0.260 e. The van der Waals surface area contributed by atoms with Crippen LogP contribution in [0, 0.1) is 0 Å². The molecule has 2 aromatic carbocycles. The maximum Gasteiger partial charge on any atom is 0.260 e. The van der Waals surface area contributed by atoms with Gasteiger partial charge in [-0.25, -0.2) is 0 Å². The van der Waals surface area contributed by atoms with Gasteiger partial charge >= 0.3 is 0 Å². The molecule has 144 valence electrons. The van der Waals surface area contributed by atoms with Crippen molar-refractivity contribution in [3.05, 3.63) is 70.5 Å². The number of carbonyl (C=O) groups excluding carboxylic acids is 1. The summed E-state index contributed by atoms with van der Waals surface area (Å²) in [5.41, 5.74) is 6.58. The molecule has 0 spiro atoms. The molecule has 9 heteroatoms. The molecule has 0 aliphatic rings. The molecule has 0 fully saturated rings. The molecule has 28 heavy (non-hydrogen) atoms. The molecule has 3 N–H and O–H groups in total. The number of methoxy groups -OCH3 is 1. The first-order valence-corrected chi connectivity index (χ1v) is 8.88. The Kier molecular flexibility index (Phi) is 6.18. The molecule has 3 rings (SSSR count). The minimum Gasteiger partial charge on any atom is -0.497 e. The number of carbonyl (C=O) groups is 1. The molecule has 0 aliphatic carbocycles. The first kappa shape index (κ1) is 19.3. The van der Waals surface area contributed by atoms with E-state index in [0.29, 0.717) is 17.4 Å². The number of hydrogen-bond acceptors (Lipinski definition) is 5. The van der Waals surface area contributed by atoms with Crippen molar-refractivity contribution in [1.82, 2.24) is 25.9 Å². The number of nitrogens with zero attached hydrogens (tertiary/aromatic N) is 2. The third-order valence-electron chi connectivity index (χ3n) is 3.98. The number of nitrogens with one attached hydrogen (secondary N) is 3. The molecule has 0 saturated heterocycles. The van der Waals surface area contributed by atoms with Crippen molar-refractivity contribution in [2.45, 2.75) is 13.1 Å². The van der Waals surface area contributed by atoms with Gasteiger partial charge in [0.05, 0.1) is 18.8 Å². The lowest BCUT2D eigenvalue weighted by Crippen LogP contribution is -2.47. The molecule has 3 aromatic rings. The van der Waals surface area contributed by atoms with Gasteiger partial charge in [-0.15, -0.1) is 0 Å².